The van der Waals surface area contributed by atoms with Gasteiger partial charge in [0.1, 0.15) is 0 Å². The van der Waals surface area contributed by atoms with Crippen molar-refractivity contribution in [1.82, 2.24) is 10.2 Å². The Labute approximate surface area is 134 Å². The van der Waals surface area contributed by atoms with Crippen LogP contribution in [0.25, 0.3) is 10.9 Å². The molecule has 0 aliphatic heterocycles. The summed E-state index contributed by atoms with van der Waals surface area (Å²) in [5, 5.41) is 8.42. The predicted molar refractivity (Wildman–Crippen MR) is 94.3 cm³/mol. The van der Waals surface area contributed by atoms with E-state index in [1.54, 1.807) is 0 Å². The minimum Gasteiger partial charge on any atom is -0.371 e. The topological polar surface area (TPSA) is 31.9 Å². The molecule has 2 aromatic rings. The average molecular weight is 299 g/mol. The lowest BCUT2D eigenvalue weighted by atomic mass is 9.88. The fraction of sp³-hybridized carbons (Fsp3) is 0.632. The first-order chi connectivity index (χ1) is 10.7. The molecule has 1 heterocycles. The Morgan fingerprint density at radius 2 is 2.05 bits per heavy atom. The summed E-state index contributed by atoms with van der Waals surface area (Å²) in [6, 6.07) is 6.71. The van der Waals surface area contributed by atoms with Gasteiger partial charge in [-0.05, 0) is 49.3 Å². The highest BCUT2D eigenvalue weighted by atomic mass is 15.1. The van der Waals surface area contributed by atoms with E-state index in [-0.39, 0.29) is 0 Å². The quantitative estimate of drug-likeness (QED) is 0.814. The van der Waals surface area contributed by atoms with Crippen molar-refractivity contribution in [3.63, 3.8) is 0 Å². The van der Waals surface area contributed by atoms with Crippen LogP contribution in [0.4, 0.5) is 5.69 Å². The predicted octanol–water partition coefficient (Wildman–Crippen LogP) is 5.00. The summed E-state index contributed by atoms with van der Waals surface area (Å²) in [7, 11) is 0. The van der Waals surface area contributed by atoms with Gasteiger partial charge < -0.3 is 4.90 Å². The second-order valence-corrected chi connectivity index (χ2v) is 7.27. The lowest BCUT2D eigenvalue weighted by Gasteiger charge is -2.32. The number of anilines is 1. The van der Waals surface area contributed by atoms with E-state index in [0.29, 0.717) is 0 Å². The minimum absolute atomic E-state index is 0.756. The Kier molecular flexibility index (Phi) is 5.01. The van der Waals surface area contributed by atoms with Crippen LogP contribution in [-0.4, -0.2) is 23.3 Å². The Morgan fingerprint density at radius 1 is 1.23 bits per heavy atom. The van der Waals surface area contributed by atoms with Crippen LogP contribution < -0.4 is 4.90 Å². The van der Waals surface area contributed by atoms with Crippen molar-refractivity contribution in [2.75, 3.05) is 18.0 Å². The van der Waals surface area contributed by atoms with Gasteiger partial charge in [0, 0.05) is 24.2 Å². The summed E-state index contributed by atoms with van der Waals surface area (Å²) >= 11 is 0. The van der Waals surface area contributed by atoms with E-state index in [2.05, 4.69) is 47.1 Å². The molecular weight excluding hydrogens is 270 g/mol. The maximum atomic E-state index is 4.15. The van der Waals surface area contributed by atoms with Crippen LogP contribution in [-0.2, 0) is 0 Å². The molecule has 3 rings (SSSR count). The summed E-state index contributed by atoms with van der Waals surface area (Å²) in [5.41, 5.74) is 2.49. The standard InChI is InChI=1S/C19H29N3/c1-15(2)10-11-22(14-16-6-4-3-5-7-16)18-8-9-19-17(12-18)13-20-21-19/h8-9,12-13,15-16H,3-7,10-11,14H2,1-2H3,(H,20,21). The largest absolute Gasteiger partial charge is 0.371 e. The Hall–Kier alpha value is -1.51. The third kappa shape index (κ3) is 3.82. The second-order valence-electron chi connectivity index (χ2n) is 7.27. The Morgan fingerprint density at radius 3 is 2.82 bits per heavy atom. The minimum atomic E-state index is 0.756. The third-order valence-electron chi connectivity index (χ3n) is 4.97. The third-order valence-corrected chi connectivity index (χ3v) is 4.97. The van der Waals surface area contributed by atoms with Crippen molar-refractivity contribution in [2.45, 2.75) is 52.4 Å². The van der Waals surface area contributed by atoms with Crippen LogP contribution in [0.2, 0.25) is 0 Å². The fourth-order valence-corrected chi connectivity index (χ4v) is 3.55. The number of nitrogens with zero attached hydrogens (tertiary/aromatic N) is 2. The zero-order valence-corrected chi connectivity index (χ0v) is 14.0. The monoisotopic (exact) mass is 299 g/mol. The van der Waals surface area contributed by atoms with Gasteiger partial charge in [-0.15, -0.1) is 0 Å². The van der Waals surface area contributed by atoms with Gasteiger partial charge >= 0.3 is 0 Å². The number of aromatic amines is 1. The molecule has 1 aliphatic rings. The van der Waals surface area contributed by atoms with E-state index in [9.17, 15) is 0 Å². The highest BCUT2D eigenvalue weighted by Gasteiger charge is 2.18. The normalized spacial score (nSPS) is 16.5. The molecule has 0 unspecified atom stereocenters. The Bertz CT molecular complexity index is 581. The molecule has 0 atom stereocenters. The first-order valence-electron chi connectivity index (χ1n) is 8.90. The molecule has 0 saturated heterocycles. The van der Waals surface area contributed by atoms with Crippen molar-refractivity contribution in [1.29, 1.82) is 0 Å². The maximum absolute atomic E-state index is 4.15. The van der Waals surface area contributed by atoms with Gasteiger partial charge in [-0.3, -0.25) is 5.10 Å². The SMILES string of the molecule is CC(C)CCN(CC1CCCCC1)c1ccc2[nH]ncc2c1. The molecule has 1 saturated carbocycles. The van der Waals surface area contributed by atoms with Crippen LogP contribution in [0.1, 0.15) is 52.4 Å². The van der Waals surface area contributed by atoms with Crippen LogP contribution >= 0.6 is 0 Å². The van der Waals surface area contributed by atoms with Crippen LogP contribution in [0.5, 0.6) is 0 Å². The molecule has 3 heteroatoms. The highest BCUT2D eigenvalue weighted by molar-refractivity contribution is 5.82. The van der Waals surface area contributed by atoms with Crippen molar-refractivity contribution >= 4 is 16.6 Å². The van der Waals surface area contributed by atoms with Gasteiger partial charge in [-0.25, -0.2) is 0 Å². The second kappa shape index (κ2) is 7.17. The van der Waals surface area contributed by atoms with E-state index in [0.717, 1.165) is 23.9 Å². The molecule has 1 N–H and O–H groups in total. The smallest absolute Gasteiger partial charge is 0.0651 e. The maximum Gasteiger partial charge on any atom is 0.0651 e. The van der Waals surface area contributed by atoms with Gasteiger partial charge in [0.05, 0.1) is 11.7 Å². The van der Waals surface area contributed by atoms with Crippen molar-refractivity contribution in [3.05, 3.63) is 24.4 Å². The number of benzene rings is 1. The van der Waals surface area contributed by atoms with Crippen molar-refractivity contribution in [3.8, 4) is 0 Å². The van der Waals surface area contributed by atoms with E-state index in [1.807, 2.05) is 6.20 Å². The molecule has 1 aliphatic carbocycles. The summed E-state index contributed by atoms with van der Waals surface area (Å²) in [6.45, 7) is 7.02. The number of hydrogen-bond donors (Lipinski definition) is 1. The molecule has 0 spiro atoms. The molecule has 0 radical (unpaired) electrons. The molecule has 0 amide bonds. The summed E-state index contributed by atoms with van der Waals surface area (Å²) in [6.07, 6.45) is 10.3. The van der Waals surface area contributed by atoms with E-state index in [4.69, 9.17) is 0 Å². The molecule has 120 valence electrons. The first kappa shape index (κ1) is 15.4. The summed E-state index contributed by atoms with van der Waals surface area (Å²) in [4.78, 5) is 2.61. The van der Waals surface area contributed by atoms with Crippen LogP contribution in [0.15, 0.2) is 24.4 Å². The lowest BCUT2D eigenvalue weighted by Crippen LogP contribution is -2.32. The molecule has 3 nitrogen and oxygen atoms in total. The molecule has 1 aromatic heterocycles. The van der Waals surface area contributed by atoms with E-state index < -0.39 is 0 Å². The van der Waals surface area contributed by atoms with Gasteiger partial charge in [-0.2, -0.15) is 5.10 Å². The van der Waals surface area contributed by atoms with Gasteiger partial charge in [0.2, 0.25) is 0 Å². The number of rotatable bonds is 6. The summed E-state index contributed by atoms with van der Waals surface area (Å²) in [5.74, 6) is 1.63. The first-order valence-corrected chi connectivity index (χ1v) is 8.90. The van der Waals surface area contributed by atoms with E-state index in [1.165, 1.54) is 56.1 Å². The lowest BCUT2D eigenvalue weighted by molar-refractivity contribution is 0.356. The van der Waals surface area contributed by atoms with E-state index >= 15 is 0 Å². The number of fused-ring (bicyclic) bond motifs is 1. The average Bonchev–Trinajstić information content (AvgIpc) is 2.99. The molecule has 1 aromatic carbocycles. The van der Waals surface area contributed by atoms with Gasteiger partial charge in [0.25, 0.3) is 0 Å². The number of H-pyrrole nitrogens is 1. The van der Waals surface area contributed by atoms with Gasteiger partial charge in [-0.1, -0.05) is 33.1 Å². The zero-order valence-electron chi connectivity index (χ0n) is 14.0. The Balaban J connectivity index is 1.76. The summed E-state index contributed by atoms with van der Waals surface area (Å²) < 4.78 is 0. The number of aromatic nitrogens is 2. The van der Waals surface area contributed by atoms with Gasteiger partial charge in [0.15, 0.2) is 0 Å². The molecule has 0 bridgehead atoms. The molecular formula is C19H29N3. The van der Waals surface area contributed by atoms with Crippen molar-refractivity contribution < 1.29 is 0 Å². The number of nitrogens with one attached hydrogen (secondary N) is 1. The van der Waals surface area contributed by atoms with Crippen LogP contribution in [0.3, 0.4) is 0 Å². The molecule has 1 fully saturated rings. The van der Waals surface area contributed by atoms with Crippen LogP contribution in [0, 0.1) is 11.8 Å². The fourth-order valence-electron chi connectivity index (χ4n) is 3.55. The molecule has 22 heavy (non-hydrogen) atoms. The van der Waals surface area contributed by atoms with Crippen molar-refractivity contribution in [2.24, 2.45) is 11.8 Å². The highest BCUT2D eigenvalue weighted by Crippen LogP contribution is 2.28. The zero-order chi connectivity index (χ0) is 15.4. The number of hydrogen-bond acceptors (Lipinski definition) is 2.